The van der Waals surface area contributed by atoms with E-state index in [9.17, 15) is 9.90 Å². The largest absolute Gasteiger partial charge is 0.497 e. The minimum Gasteiger partial charge on any atom is -0.497 e. The maximum absolute atomic E-state index is 12.5. The van der Waals surface area contributed by atoms with Gasteiger partial charge in [0.05, 0.1) is 17.7 Å². The fourth-order valence-electron chi connectivity index (χ4n) is 2.78. The summed E-state index contributed by atoms with van der Waals surface area (Å²) in [5.74, 6) is 0.139. The summed E-state index contributed by atoms with van der Waals surface area (Å²) in [6, 6.07) is 14.4. The van der Waals surface area contributed by atoms with Gasteiger partial charge in [0.25, 0.3) is 5.91 Å². The Morgan fingerprint density at radius 3 is 2.75 bits per heavy atom. The highest BCUT2D eigenvalue weighted by Crippen LogP contribution is 2.35. The van der Waals surface area contributed by atoms with Crippen molar-refractivity contribution in [3.63, 3.8) is 0 Å². The first kappa shape index (κ1) is 18.1. The van der Waals surface area contributed by atoms with Gasteiger partial charge in [-0.25, -0.2) is 0 Å². The number of nitrogens with one attached hydrogen (secondary N) is 1. The summed E-state index contributed by atoms with van der Waals surface area (Å²) < 4.78 is 6.62. The van der Waals surface area contributed by atoms with E-state index in [1.54, 1.807) is 43.7 Å². The number of nitrogens with zero attached hydrogens (tertiary/aromatic N) is 2. The van der Waals surface area contributed by atoms with Crippen LogP contribution in [0.4, 0.5) is 5.69 Å². The van der Waals surface area contributed by atoms with Crippen molar-refractivity contribution in [2.45, 2.75) is 0 Å². The number of hydrogen-bond donors (Lipinski definition) is 2. The maximum atomic E-state index is 12.5. The molecule has 0 spiro atoms. The van der Waals surface area contributed by atoms with Gasteiger partial charge in [-0.1, -0.05) is 29.5 Å². The number of hydrogen-bond acceptors (Lipinski definition) is 6. The van der Waals surface area contributed by atoms with Crippen LogP contribution in [-0.4, -0.2) is 29.0 Å². The number of aromatic nitrogens is 1. The van der Waals surface area contributed by atoms with Gasteiger partial charge in [-0.05, 0) is 48.6 Å². The number of rotatable bonds is 4. The number of ether oxygens (including phenoxy) is 1. The minimum atomic E-state index is -0.390. The Labute approximate surface area is 170 Å². The number of allylic oxidation sites excluding steroid dienone is 1. The second-order valence-electron chi connectivity index (χ2n) is 5.94. The highest BCUT2D eigenvalue weighted by molar-refractivity contribution is 7.73. The van der Waals surface area contributed by atoms with Crippen LogP contribution in [0.15, 0.2) is 53.5 Å². The molecule has 0 aliphatic carbocycles. The van der Waals surface area contributed by atoms with Crippen LogP contribution in [-0.2, 0) is 0 Å². The van der Waals surface area contributed by atoms with Gasteiger partial charge in [-0.15, -0.1) is 0 Å². The smallest absolute Gasteiger partial charge is 0.270 e. The number of methoxy groups -OCH3 is 1. The van der Waals surface area contributed by atoms with Crippen LogP contribution >= 0.6 is 23.6 Å². The molecule has 0 saturated heterocycles. The highest BCUT2D eigenvalue weighted by atomic mass is 32.1. The number of carbonyl (C=O) groups is 1. The molecular formula is C20H15N3O3S2. The molecule has 0 bridgehead atoms. The molecular weight excluding hydrogens is 394 g/mol. The summed E-state index contributed by atoms with van der Waals surface area (Å²) in [6.45, 7) is 0. The second-order valence-corrected chi connectivity index (χ2v) is 7.61. The maximum Gasteiger partial charge on any atom is 0.270 e. The Bertz CT molecular complexity index is 1170. The monoisotopic (exact) mass is 409 g/mol. The molecule has 0 fully saturated rings. The Morgan fingerprint density at radius 2 is 2.00 bits per heavy atom. The number of fused-ring (bicyclic) bond motifs is 1. The normalized spacial score (nSPS) is 13.5. The number of thiazole rings is 1. The van der Waals surface area contributed by atoms with Gasteiger partial charge < -0.3 is 9.84 Å². The summed E-state index contributed by atoms with van der Waals surface area (Å²) >= 11 is 6.51. The summed E-state index contributed by atoms with van der Waals surface area (Å²) in [4.78, 5) is 17.4. The number of para-hydroxylation sites is 1. The van der Waals surface area contributed by atoms with Crippen LogP contribution in [0.5, 0.6) is 11.6 Å². The Morgan fingerprint density at radius 1 is 1.25 bits per heavy atom. The predicted molar refractivity (Wildman–Crippen MR) is 114 cm³/mol. The Hall–Kier alpha value is -3.23. The molecule has 0 saturated carbocycles. The van der Waals surface area contributed by atoms with Crippen molar-refractivity contribution in [1.82, 2.24) is 4.68 Å². The zero-order valence-corrected chi connectivity index (χ0v) is 16.4. The molecule has 0 radical (unpaired) electrons. The lowest BCUT2D eigenvalue weighted by Crippen LogP contribution is -2.22. The standard InChI is InChI=1S/C20H15N3O3S2/c1-26-14-8-6-12(7-9-14)18(24)22-23-19(25)17(28-20(23)27)10-13-11-21-16-5-3-2-4-15(13)16/h2-11,25H,1H3,(H,22,24)/b13-10+. The molecule has 4 rings (SSSR count). The van der Waals surface area contributed by atoms with Gasteiger partial charge in [0.2, 0.25) is 5.88 Å². The molecule has 3 aromatic rings. The van der Waals surface area contributed by atoms with Crippen molar-refractivity contribution in [3.8, 4) is 11.6 Å². The van der Waals surface area contributed by atoms with E-state index in [1.807, 2.05) is 24.3 Å². The Balaban J connectivity index is 1.61. The molecule has 0 unspecified atom stereocenters. The van der Waals surface area contributed by atoms with Crippen LogP contribution in [0.25, 0.3) is 11.6 Å². The molecule has 2 heterocycles. The van der Waals surface area contributed by atoms with Crippen molar-refractivity contribution in [1.29, 1.82) is 0 Å². The first-order valence-electron chi connectivity index (χ1n) is 8.32. The van der Waals surface area contributed by atoms with E-state index in [0.29, 0.717) is 20.1 Å². The topological polar surface area (TPSA) is 75.8 Å². The predicted octanol–water partition coefficient (Wildman–Crippen LogP) is 4.63. The quantitative estimate of drug-likeness (QED) is 0.616. The average molecular weight is 409 g/mol. The number of aromatic hydroxyl groups is 1. The summed E-state index contributed by atoms with van der Waals surface area (Å²) in [7, 11) is 1.56. The number of aliphatic imine (C=N–C) groups is 1. The number of benzene rings is 2. The highest BCUT2D eigenvalue weighted by Gasteiger charge is 2.17. The third-order valence-electron chi connectivity index (χ3n) is 4.22. The van der Waals surface area contributed by atoms with Gasteiger partial charge in [0.15, 0.2) is 3.95 Å². The van der Waals surface area contributed by atoms with Crippen molar-refractivity contribution in [3.05, 3.63) is 68.5 Å². The van der Waals surface area contributed by atoms with E-state index < -0.39 is 0 Å². The molecule has 2 N–H and O–H groups in total. The SMILES string of the molecule is COc1ccc(C(=O)Nn2c(O)c(/C=C3\C=Nc4ccccc43)sc2=S)cc1. The summed E-state index contributed by atoms with van der Waals surface area (Å²) in [5.41, 5.74) is 5.78. The van der Waals surface area contributed by atoms with Crippen LogP contribution in [0.3, 0.4) is 0 Å². The van der Waals surface area contributed by atoms with Gasteiger partial charge >= 0.3 is 0 Å². The fourth-order valence-corrected chi connectivity index (χ4v) is 3.96. The molecule has 1 aliphatic heterocycles. The summed E-state index contributed by atoms with van der Waals surface area (Å²) in [5, 5.41) is 10.6. The van der Waals surface area contributed by atoms with Crippen molar-refractivity contribution >= 4 is 53.0 Å². The van der Waals surface area contributed by atoms with E-state index in [2.05, 4.69) is 10.4 Å². The molecule has 6 nitrogen and oxygen atoms in total. The molecule has 8 heteroatoms. The number of carbonyl (C=O) groups excluding carboxylic acids is 1. The molecule has 1 aliphatic rings. The van der Waals surface area contributed by atoms with Crippen LogP contribution < -0.4 is 10.2 Å². The summed E-state index contributed by atoms with van der Waals surface area (Å²) in [6.07, 6.45) is 3.55. The van der Waals surface area contributed by atoms with Crippen LogP contribution in [0.1, 0.15) is 20.8 Å². The lowest BCUT2D eigenvalue weighted by Gasteiger charge is -2.08. The second kappa shape index (κ2) is 7.41. The van der Waals surface area contributed by atoms with Gasteiger partial charge in [0.1, 0.15) is 5.75 Å². The molecule has 2 aromatic carbocycles. The van der Waals surface area contributed by atoms with E-state index in [1.165, 1.54) is 16.0 Å². The van der Waals surface area contributed by atoms with Crippen LogP contribution in [0.2, 0.25) is 0 Å². The first-order chi connectivity index (χ1) is 13.6. The lowest BCUT2D eigenvalue weighted by molar-refractivity contribution is 0.101. The molecule has 1 aromatic heterocycles. The number of amides is 1. The van der Waals surface area contributed by atoms with Gasteiger partial charge in [0, 0.05) is 22.9 Å². The van der Waals surface area contributed by atoms with E-state index in [0.717, 1.165) is 16.8 Å². The van der Waals surface area contributed by atoms with E-state index in [4.69, 9.17) is 17.0 Å². The van der Waals surface area contributed by atoms with E-state index >= 15 is 0 Å². The van der Waals surface area contributed by atoms with Crippen molar-refractivity contribution in [2.75, 3.05) is 12.5 Å². The first-order valence-corrected chi connectivity index (χ1v) is 9.54. The average Bonchev–Trinajstić information content (AvgIpc) is 3.24. The van der Waals surface area contributed by atoms with Gasteiger partial charge in [-0.3, -0.25) is 15.2 Å². The fraction of sp³-hybridized carbons (Fsp3) is 0.0500. The molecule has 1 amide bonds. The third-order valence-corrected chi connectivity index (χ3v) is 5.53. The molecule has 28 heavy (non-hydrogen) atoms. The zero-order chi connectivity index (χ0) is 19.7. The molecule has 0 atom stereocenters. The van der Waals surface area contributed by atoms with Crippen molar-refractivity contribution in [2.24, 2.45) is 4.99 Å². The van der Waals surface area contributed by atoms with Crippen molar-refractivity contribution < 1.29 is 14.6 Å². The molecule has 140 valence electrons. The third kappa shape index (κ3) is 3.35. The Kier molecular flexibility index (Phi) is 4.81. The minimum absolute atomic E-state index is 0.123. The van der Waals surface area contributed by atoms with Crippen LogP contribution in [0, 0.1) is 3.95 Å². The van der Waals surface area contributed by atoms with Gasteiger partial charge in [-0.2, -0.15) is 4.68 Å². The van der Waals surface area contributed by atoms with E-state index in [-0.39, 0.29) is 11.8 Å². The zero-order valence-electron chi connectivity index (χ0n) is 14.7. The lowest BCUT2D eigenvalue weighted by atomic mass is 10.1.